The third-order valence-electron chi connectivity index (χ3n) is 6.21. The first-order chi connectivity index (χ1) is 16.6. The number of carbonyl (C=O) groups excluding carboxylic acids is 2. The van der Waals surface area contributed by atoms with E-state index in [1.165, 1.54) is 6.07 Å². The van der Waals surface area contributed by atoms with Gasteiger partial charge < -0.3 is 25.0 Å². The summed E-state index contributed by atoms with van der Waals surface area (Å²) >= 11 is 0. The zero-order chi connectivity index (χ0) is 23.9. The van der Waals surface area contributed by atoms with Gasteiger partial charge in [-0.1, -0.05) is 31.5 Å². The SMILES string of the molecule is CCCCNC(=O)C(=O)NC[C@@H](c1ccc2c(c1)OCO2)N1CCN(c2ccccc2F)CC1. The number of amides is 2. The molecule has 2 amide bonds. The van der Waals surface area contributed by atoms with Crippen molar-refractivity contribution < 1.29 is 23.5 Å². The number of unbranched alkanes of at least 4 members (excludes halogenated alkanes) is 1. The van der Waals surface area contributed by atoms with Gasteiger partial charge in [0.25, 0.3) is 0 Å². The van der Waals surface area contributed by atoms with E-state index in [1.807, 2.05) is 36.1 Å². The zero-order valence-corrected chi connectivity index (χ0v) is 19.4. The average molecular weight is 471 g/mol. The molecule has 8 nitrogen and oxygen atoms in total. The number of piperazine rings is 1. The van der Waals surface area contributed by atoms with Crippen molar-refractivity contribution in [2.24, 2.45) is 0 Å². The second-order valence-electron chi connectivity index (χ2n) is 8.42. The second kappa shape index (κ2) is 11.2. The molecule has 0 radical (unpaired) electrons. The van der Waals surface area contributed by atoms with Crippen molar-refractivity contribution in [3.63, 3.8) is 0 Å². The van der Waals surface area contributed by atoms with E-state index in [0.29, 0.717) is 49.9 Å². The summed E-state index contributed by atoms with van der Waals surface area (Å²) in [6, 6.07) is 12.3. The summed E-state index contributed by atoms with van der Waals surface area (Å²) in [7, 11) is 0. The highest BCUT2D eigenvalue weighted by Gasteiger charge is 2.28. The van der Waals surface area contributed by atoms with Crippen LogP contribution in [0.5, 0.6) is 11.5 Å². The van der Waals surface area contributed by atoms with Crippen molar-refractivity contribution in [3.05, 3.63) is 53.8 Å². The van der Waals surface area contributed by atoms with Gasteiger partial charge in [-0.2, -0.15) is 0 Å². The number of rotatable bonds is 8. The number of hydrogen-bond acceptors (Lipinski definition) is 6. The summed E-state index contributed by atoms with van der Waals surface area (Å²) in [4.78, 5) is 28.8. The standard InChI is InChI=1S/C25H31FN4O4/c1-2-3-10-27-24(31)25(32)28-16-21(18-8-9-22-23(15-18)34-17-33-22)30-13-11-29(12-14-30)20-7-5-4-6-19(20)26/h4-9,15,21H,2-3,10-14,16-17H2,1H3,(H,27,31)(H,28,32)/t21-/m0/s1. The smallest absolute Gasteiger partial charge is 0.309 e. The van der Waals surface area contributed by atoms with E-state index in [-0.39, 0.29) is 25.2 Å². The lowest BCUT2D eigenvalue weighted by molar-refractivity contribution is -0.139. The van der Waals surface area contributed by atoms with Crippen molar-refractivity contribution in [2.45, 2.75) is 25.8 Å². The van der Waals surface area contributed by atoms with Gasteiger partial charge in [-0.15, -0.1) is 0 Å². The first-order valence-corrected chi connectivity index (χ1v) is 11.8. The summed E-state index contributed by atoms with van der Waals surface area (Å²) in [5.74, 6) is -0.152. The molecular formula is C25H31FN4O4. The molecule has 9 heteroatoms. The van der Waals surface area contributed by atoms with E-state index in [0.717, 1.165) is 18.4 Å². The third-order valence-corrected chi connectivity index (χ3v) is 6.21. The summed E-state index contributed by atoms with van der Waals surface area (Å²) in [6.45, 7) is 5.58. The van der Waals surface area contributed by atoms with Crippen LogP contribution >= 0.6 is 0 Å². The Morgan fingerprint density at radius 1 is 1.00 bits per heavy atom. The van der Waals surface area contributed by atoms with E-state index in [1.54, 1.807) is 12.1 Å². The van der Waals surface area contributed by atoms with Gasteiger partial charge >= 0.3 is 11.8 Å². The fourth-order valence-corrected chi connectivity index (χ4v) is 4.29. The second-order valence-corrected chi connectivity index (χ2v) is 8.42. The Bertz CT molecular complexity index is 1010. The molecule has 4 rings (SSSR count). The number of fused-ring (bicyclic) bond motifs is 1. The predicted octanol–water partition coefficient (Wildman–Crippen LogP) is 2.45. The Balaban J connectivity index is 1.44. The van der Waals surface area contributed by atoms with Crippen LogP contribution in [0.2, 0.25) is 0 Å². The number of halogens is 1. The summed E-state index contributed by atoms with van der Waals surface area (Å²) in [5.41, 5.74) is 1.55. The summed E-state index contributed by atoms with van der Waals surface area (Å²) in [6.07, 6.45) is 1.76. The van der Waals surface area contributed by atoms with E-state index < -0.39 is 11.8 Å². The molecule has 0 bridgehead atoms. The molecule has 182 valence electrons. The minimum Gasteiger partial charge on any atom is -0.454 e. The molecule has 1 atom stereocenters. The Kier molecular flexibility index (Phi) is 7.84. The number of hydrogen-bond donors (Lipinski definition) is 2. The van der Waals surface area contributed by atoms with Gasteiger partial charge in [-0.05, 0) is 36.2 Å². The topological polar surface area (TPSA) is 83.1 Å². The average Bonchev–Trinajstić information content (AvgIpc) is 3.33. The molecule has 1 saturated heterocycles. The van der Waals surface area contributed by atoms with Gasteiger partial charge in [0.15, 0.2) is 11.5 Å². The van der Waals surface area contributed by atoms with Crippen molar-refractivity contribution in [1.29, 1.82) is 0 Å². The van der Waals surface area contributed by atoms with Crippen LogP contribution in [0.15, 0.2) is 42.5 Å². The molecule has 0 aliphatic carbocycles. The molecule has 2 N–H and O–H groups in total. The molecule has 0 saturated carbocycles. The lowest BCUT2D eigenvalue weighted by Crippen LogP contribution is -2.51. The van der Waals surface area contributed by atoms with E-state index >= 15 is 0 Å². The van der Waals surface area contributed by atoms with Crippen molar-refractivity contribution in [1.82, 2.24) is 15.5 Å². The first-order valence-electron chi connectivity index (χ1n) is 11.8. The minimum absolute atomic E-state index is 0.176. The van der Waals surface area contributed by atoms with Crippen LogP contribution in [0.25, 0.3) is 0 Å². The maximum atomic E-state index is 14.3. The van der Waals surface area contributed by atoms with Crippen LogP contribution in [0, 0.1) is 5.82 Å². The van der Waals surface area contributed by atoms with Crippen LogP contribution in [0.1, 0.15) is 31.4 Å². The van der Waals surface area contributed by atoms with E-state index in [2.05, 4.69) is 15.5 Å². The highest BCUT2D eigenvalue weighted by atomic mass is 19.1. The number of benzene rings is 2. The van der Waals surface area contributed by atoms with E-state index in [9.17, 15) is 14.0 Å². The van der Waals surface area contributed by atoms with Crippen molar-refractivity contribution in [2.75, 3.05) is 51.0 Å². The van der Waals surface area contributed by atoms with Crippen LogP contribution in [-0.4, -0.2) is 62.8 Å². The normalized spacial score (nSPS) is 16.2. The lowest BCUT2D eigenvalue weighted by Gasteiger charge is -2.40. The van der Waals surface area contributed by atoms with Gasteiger partial charge in [0, 0.05) is 39.3 Å². The van der Waals surface area contributed by atoms with Crippen LogP contribution in [-0.2, 0) is 9.59 Å². The molecule has 0 unspecified atom stereocenters. The third kappa shape index (κ3) is 5.59. The van der Waals surface area contributed by atoms with Gasteiger partial charge in [-0.3, -0.25) is 14.5 Å². The lowest BCUT2D eigenvalue weighted by atomic mass is 10.0. The fourth-order valence-electron chi connectivity index (χ4n) is 4.29. The van der Waals surface area contributed by atoms with Gasteiger partial charge in [-0.25, -0.2) is 4.39 Å². The number of nitrogens with one attached hydrogen (secondary N) is 2. The van der Waals surface area contributed by atoms with Crippen LogP contribution in [0.4, 0.5) is 10.1 Å². The Labute approximate surface area is 199 Å². The Hall–Kier alpha value is -3.33. The number of anilines is 1. The van der Waals surface area contributed by atoms with Gasteiger partial charge in [0.1, 0.15) is 5.82 Å². The Morgan fingerprint density at radius 2 is 1.74 bits per heavy atom. The molecular weight excluding hydrogens is 439 g/mol. The molecule has 2 aromatic carbocycles. The number of carbonyl (C=O) groups is 2. The zero-order valence-electron chi connectivity index (χ0n) is 19.4. The monoisotopic (exact) mass is 470 g/mol. The van der Waals surface area contributed by atoms with Crippen LogP contribution in [0.3, 0.4) is 0 Å². The Morgan fingerprint density at radius 3 is 2.50 bits per heavy atom. The summed E-state index contributed by atoms with van der Waals surface area (Å²) in [5, 5.41) is 5.43. The molecule has 2 aliphatic rings. The van der Waals surface area contributed by atoms with Crippen molar-refractivity contribution >= 4 is 17.5 Å². The highest BCUT2D eigenvalue weighted by Crippen LogP contribution is 2.36. The number of ether oxygens (including phenoxy) is 2. The molecule has 1 fully saturated rings. The highest BCUT2D eigenvalue weighted by molar-refractivity contribution is 6.35. The van der Waals surface area contributed by atoms with Gasteiger partial charge in [0.05, 0.1) is 11.7 Å². The largest absolute Gasteiger partial charge is 0.454 e. The van der Waals surface area contributed by atoms with Gasteiger partial charge in [0.2, 0.25) is 6.79 Å². The maximum Gasteiger partial charge on any atom is 0.309 e. The first kappa shape index (κ1) is 23.8. The molecule has 2 aliphatic heterocycles. The maximum absolute atomic E-state index is 14.3. The number of nitrogens with zero attached hydrogens (tertiary/aromatic N) is 2. The predicted molar refractivity (Wildman–Crippen MR) is 126 cm³/mol. The molecule has 34 heavy (non-hydrogen) atoms. The van der Waals surface area contributed by atoms with Crippen LogP contribution < -0.4 is 25.0 Å². The number of para-hydroxylation sites is 1. The molecule has 2 heterocycles. The quantitative estimate of drug-likeness (QED) is 0.456. The minimum atomic E-state index is -0.646. The van der Waals surface area contributed by atoms with E-state index in [4.69, 9.17) is 9.47 Å². The summed E-state index contributed by atoms with van der Waals surface area (Å²) < 4.78 is 25.2. The fraction of sp³-hybridized carbons (Fsp3) is 0.440. The molecule has 2 aromatic rings. The molecule has 0 aromatic heterocycles. The molecule has 0 spiro atoms. The van der Waals surface area contributed by atoms with Crippen molar-refractivity contribution in [3.8, 4) is 11.5 Å².